The van der Waals surface area contributed by atoms with Crippen LogP contribution in [0, 0.1) is 29.1 Å². The highest BCUT2D eigenvalue weighted by molar-refractivity contribution is 5.23. The van der Waals surface area contributed by atoms with E-state index >= 15 is 0 Å². The quantitative estimate of drug-likeness (QED) is 0.614. The maximum Gasteiger partial charge on any atom is 0.0780 e. The van der Waals surface area contributed by atoms with Crippen LogP contribution in [-0.4, -0.2) is 11.2 Å². The summed E-state index contributed by atoms with van der Waals surface area (Å²) in [6.07, 6.45) is 11.8. The Morgan fingerprint density at radius 3 is 2.71 bits per heavy atom. The Morgan fingerprint density at radius 2 is 1.95 bits per heavy atom. The molecule has 3 rings (SSSR count). The van der Waals surface area contributed by atoms with E-state index in [2.05, 4.69) is 39.8 Å². The number of allylic oxidation sites excluding steroid dienone is 3. The molecule has 2 bridgehead atoms. The molecule has 0 amide bonds. The fourth-order valence-electron chi connectivity index (χ4n) is 5.58. The van der Waals surface area contributed by atoms with Crippen molar-refractivity contribution < 1.29 is 5.11 Å². The van der Waals surface area contributed by atoms with Gasteiger partial charge in [0.25, 0.3) is 0 Å². The first-order valence-corrected chi connectivity index (χ1v) is 8.98. The molecule has 6 atom stereocenters. The Hall–Kier alpha value is -0.560. The van der Waals surface area contributed by atoms with Crippen LogP contribution in [0.3, 0.4) is 0 Å². The summed E-state index contributed by atoms with van der Waals surface area (Å²) in [5.41, 5.74) is 3.18. The van der Waals surface area contributed by atoms with E-state index in [1.165, 1.54) is 43.3 Å². The van der Waals surface area contributed by atoms with Crippen molar-refractivity contribution in [1.29, 1.82) is 0 Å². The second kappa shape index (κ2) is 5.57. The van der Waals surface area contributed by atoms with E-state index in [0.717, 1.165) is 18.3 Å². The van der Waals surface area contributed by atoms with Gasteiger partial charge in [0, 0.05) is 5.41 Å². The Balaban J connectivity index is 1.99. The molecule has 1 nitrogen and oxygen atoms in total. The van der Waals surface area contributed by atoms with E-state index in [1.54, 1.807) is 0 Å². The van der Waals surface area contributed by atoms with E-state index in [9.17, 15) is 5.11 Å². The largest absolute Gasteiger partial charge is 0.388 e. The van der Waals surface area contributed by atoms with Gasteiger partial charge in [0.15, 0.2) is 0 Å². The van der Waals surface area contributed by atoms with Crippen molar-refractivity contribution in [2.24, 2.45) is 29.1 Å². The van der Waals surface area contributed by atoms with Gasteiger partial charge in [0.2, 0.25) is 0 Å². The van der Waals surface area contributed by atoms with Crippen LogP contribution in [0.25, 0.3) is 0 Å². The van der Waals surface area contributed by atoms with Gasteiger partial charge in [-0.3, -0.25) is 0 Å². The number of hydrogen-bond acceptors (Lipinski definition) is 1. The van der Waals surface area contributed by atoms with Gasteiger partial charge in [0.05, 0.1) is 6.10 Å². The minimum absolute atomic E-state index is 0.123. The smallest absolute Gasteiger partial charge is 0.0780 e. The molecule has 0 aromatic carbocycles. The van der Waals surface area contributed by atoms with Gasteiger partial charge in [0.1, 0.15) is 0 Å². The van der Waals surface area contributed by atoms with Crippen LogP contribution in [0.15, 0.2) is 23.3 Å². The zero-order valence-corrected chi connectivity index (χ0v) is 14.2. The molecule has 21 heavy (non-hydrogen) atoms. The summed E-state index contributed by atoms with van der Waals surface area (Å²) >= 11 is 0. The summed E-state index contributed by atoms with van der Waals surface area (Å²) in [5.74, 6) is 2.92. The van der Waals surface area contributed by atoms with Gasteiger partial charge in [-0.1, -0.05) is 44.1 Å². The molecule has 0 aromatic heterocycles. The van der Waals surface area contributed by atoms with Crippen LogP contribution in [0.2, 0.25) is 0 Å². The summed E-state index contributed by atoms with van der Waals surface area (Å²) < 4.78 is 0. The summed E-state index contributed by atoms with van der Waals surface area (Å²) in [6, 6.07) is 0. The first-order chi connectivity index (χ1) is 9.93. The third-order valence-electron chi connectivity index (χ3n) is 7.06. The first kappa shape index (κ1) is 15.3. The molecule has 6 unspecified atom stereocenters. The number of hydrogen-bond donors (Lipinski definition) is 1. The van der Waals surface area contributed by atoms with Crippen molar-refractivity contribution >= 4 is 0 Å². The lowest BCUT2D eigenvalue weighted by Gasteiger charge is -2.46. The molecule has 1 fully saturated rings. The monoisotopic (exact) mass is 288 g/mol. The summed E-state index contributed by atoms with van der Waals surface area (Å²) in [6.45, 7) is 9.51. The standard InChI is InChI=1S/C20H32O/c1-13-6-5-7-14(2)17-10-11-20(4)18(21)12-16(9-8-13)15(3)19(17)20/h6,12,14-15,17-19,21H,5,7-11H2,1-4H3. The molecule has 0 aromatic rings. The number of fused-ring (bicyclic) bond motifs is 1. The molecule has 0 aliphatic heterocycles. The molecular weight excluding hydrogens is 256 g/mol. The van der Waals surface area contributed by atoms with Crippen molar-refractivity contribution in [2.75, 3.05) is 0 Å². The summed E-state index contributed by atoms with van der Waals surface area (Å²) in [4.78, 5) is 0. The SMILES string of the molecule is CC1=CCCC(C)C2CCC3(C)C(O)C=C(CC1)C(C)C23. The van der Waals surface area contributed by atoms with Crippen LogP contribution in [0.1, 0.15) is 66.2 Å². The summed E-state index contributed by atoms with van der Waals surface area (Å²) in [7, 11) is 0. The van der Waals surface area contributed by atoms with Gasteiger partial charge >= 0.3 is 0 Å². The molecule has 0 heterocycles. The van der Waals surface area contributed by atoms with E-state index in [4.69, 9.17) is 0 Å². The Kier molecular flexibility index (Phi) is 4.07. The van der Waals surface area contributed by atoms with Crippen molar-refractivity contribution in [2.45, 2.75) is 72.3 Å². The molecule has 1 N–H and O–H groups in total. The molecule has 3 aliphatic rings. The van der Waals surface area contributed by atoms with E-state index < -0.39 is 0 Å². The fraction of sp³-hybridized carbons (Fsp3) is 0.800. The number of aliphatic hydroxyl groups is 1. The minimum Gasteiger partial charge on any atom is -0.388 e. The predicted molar refractivity (Wildman–Crippen MR) is 89.0 cm³/mol. The van der Waals surface area contributed by atoms with Gasteiger partial charge in [-0.2, -0.15) is 0 Å². The highest BCUT2D eigenvalue weighted by Crippen LogP contribution is 2.59. The van der Waals surface area contributed by atoms with E-state index in [1.807, 2.05) is 0 Å². The maximum absolute atomic E-state index is 10.8. The zero-order chi connectivity index (χ0) is 15.2. The molecular formula is C20H32O. The van der Waals surface area contributed by atoms with E-state index in [0.29, 0.717) is 11.8 Å². The highest BCUT2D eigenvalue weighted by Gasteiger charge is 2.54. The molecule has 0 radical (unpaired) electrons. The van der Waals surface area contributed by atoms with Crippen LogP contribution in [0.4, 0.5) is 0 Å². The number of rotatable bonds is 0. The van der Waals surface area contributed by atoms with Crippen molar-refractivity contribution in [1.82, 2.24) is 0 Å². The van der Waals surface area contributed by atoms with Crippen LogP contribution in [0.5, 0.6) is 0 Å². The van der Waals surface area contributed by atoms with Gasteiger partial charge in [-0.05, 0) is 69.1 Å². The van der Waals surface area contributed by atoms with E-state index in [-0.39, 0.29) is 11.5 Å². The van der Waals surface area contributed by atoms with Crippen molar-refractivity contribution in [3.63, 3.8) is 0 Å². The third-order valence-corrected chi connectivity index (χ3v) is 7.06. The highest BCUT2D eigenvalue weighted by atomic mass is 16.3. The normalized spacial score (nSPS) is 47.4. The lowest BCUT2D eigenvalue weighted by molar-refractivity contribution is -0.00464. The van der Waals surface area contributed by atoms with Gasteiger partial charge in [-0.15, -0.1) is 0 Å². The second-order valence-corrected chi connectivity index (χ2v) is 8.31. The van der Waals surface area contributed by atoms with Crippen molar-refractivity contribution in [3.8, 4) is 0 Å². The topological polar surface area (TPSA) is 20.2 Å². The fourth-order valence-corrected chi connectivity index (χ4v) is 5.58. The van der Waals surface area contributed by atoms with Crippen LogP contribution in [-0.2, 0) is 0 Å². The van der Waals surface area contributed by atoms with Crippen LogP contribution < -0.4 is 0 Å². The van der Waals surface area contributed by atoms with Gasteiger partial charge in [-0.25, -0.2) is 0 Å². The average Bonchev–Trinajstić information content (AvgIpc) is 2.80. The maximum atomic E-state index is 10.8. The molecule has 118 valence electrons. The Bertz CT molecular complexity index is 460. The second-order valence-electron chi connectivity index (χ2n) is 8.31. The molecule has 0 saturated heterocycles. The lowest BCUT2D eigenvalue weighted by Crippen LogP contribution is -2.44. The van der Waals surface area contributed by atoms with Crippen LogP contribution >= 0.6 is 0 Å². The summed E-state index contributed by atoms with van der Waals surface area (Å²) in [5, 5.41) is 10.8. The van der Waals surface area contributed by atoms with Crippen molar-refractivity contribution in [3.05, 3.63) is 23.3 Å². The predicted octanol–water partition coefficient (Wildman–Crippen LogP) is 5.11. The van der Waals surface area contributed by atoms with Gasteiger partial charge < -0.3 is 5.11 Å². The Morgan fingerprint density at radius 1 is 1.19 bits per heavy atom. The third kappa shape index (κ3) is 2.52. The minimum atomic E-state index is -0.226. The average molecular weight is 288 g/mol. The zero-order valence-electron chi connectivity index (χ0n) is 14.2. The molecule has 3 aliphatic carbocycles. The molecule has 0 spiro atoms. The Labute approximate surface area is 130 Å². The lowest BCUT2D eigenvalue weighted by atomic mass is 9.59. The molecule has 1 heteroatoms. The number of aliphatic hydroxyl groups excluding tert-OH is 1. The molecule has 1 saturated carbocycles. The first-order valence-electron chi connectivity index (χ1n) is 8.98.